The van der Waals surface area contributed by atoms with Crippen LogP contribution in [0.1, 0.15) is 40.0 Å². The average molecular weight is 257 g/mol. The lowest BCUT2D eigenvalue weighted by Crippen LogP contribution is -2.57. The molecule has 0 radical (unpaired) electrons. The number of carboxylic acid groups (broad SMARTS) is 1. The number of hydrogen-bond acceptors (Lipinski definition) is 3. The summed E-state index contributed by atoms with van der Waals surface area (Å²) in [6, 6.07) is 0. The zero-order chi connectivity index (χ0) is 14.0. The molecule has 0 saturated heterocycles. The highest BCUT2D eigenvalue weighted by Gasteiger charge is 2.26. The van der Waals surface area contributed by atoms with Crippen molar-refractivity contribution in [1.82, 2.24) is 0 Å². The van der Waals surface area contributed by atoms with E-state index in [0.717, 1.165) is 19.3 Å². The lowest BCUT2D eigenvalue weighted by Gasteiger charge is -2.38. The minimum absolute atomic E-state index is 0.0150. The zero-order valence-electron chi connectivity index (χ0n) is 11.9. The lowest BCUT2D eigenvalue weighted by atomic mass is 10.1. The van der Waals surface area contributed by atoms with Crippen molar-refractivity contribution in [3.63, 3.8) is 0 Å². The van der Waals surface area contributed by atoms with E-state index in [2.05, 4.69) is 6.08 Å². The van der Waals surface area contributed by atoms with Gasteiger partial charge in [-0.25, -0.2) is 0 Å². The second-order valence-corrected chi connectivity index (χ2v) is 4.84. The summed E-state index contributed by atoms with van der Waals surface area (Å²) in [6.45, 7) is 7.78. The van der Waals surface area contributed by atoms with Crippen LogP contribution in [0.15, 0.2) is 12.2 Å². The van der Waals surface area contributed by atoms with E-state index >= 15 is 0 Å². The van der Waals surface area contributed by atoms with Gasteiger partial charge in [-0.3, -0.25) is 0 Å². The Morgan fingerprint density at radius 1 is 1.39 bits per heavy atom. The van der Waals surface area contributed by atoms with Crippen molar-refractivity contribution in [2.75, 3.05) is 26.2 Å². The molecule has 0 aliphatic heterocycles. The number of nitrogens with zero attached hydrogens (tertiary/aromatic N) is 1. The third-order valence-corrected chi connectivity index (χ3v) is 3.55. The van der Waals surface area contributed by atoms with Crippen molar-refractivity contribution in [2.45, 2.75) is 46.1 Å². The fourth-order valence-corrected chi connectivity index (χ4v) is 2.22. The second-order valence-electron chi connectivity index (χ2n) is 4.84. The van der Waals surface area contributed by atoms with Crippen LogP contribution in [0.4, 0.5) is 0 Å². The third-order valence-electron chi connectivity index (χ3n) is 3.55. The first-order chi connectivity index (χ1) is 8.49. The topological polar surface area (TPSA) is 60.4 Å². The van der Waals surface area contributed by atoms with Gasteiger partial charge in [-0.2, -0.15) is 0 Å². The van der Waals surface area contributed by atoms with E-state index < -0.39 is 12.1 Å². The Balaban J connectivity index is 4.26. The normalized spacial score (nSPS) is 14.0. The smallest absolute Gasteiger partial charge is 0.119 e. The third kappa shape index (κ3) is 6.77. The van der Waals surface area contributed by atoms with E-state index in [-0.39, 0.29) is 6.54 Å². The van der Waals surface area contributed by atoms with Gasteiger partial charge in [0.2, 0.25) is 0 Å². The van der Waals surface area contributed by atoms with Crippen LogP contribution in [0.3, 0.4) is 0 Å². The summed E-state index contributed by atoms with van der Waals surface area (Å²) in [4.78, 5) is 10.8. The van der Waals surface area contributed by atoms with E-state index in [0.29, 0.717) is 24.1 Å². The molecule has 4 nitrogen and oxygen atoms in total. The van der Waals surface area contributed by atoms with Gasteiger partial charge in [0.1, 0.15) is 19.2 Å². The van der Waals surface area contributed by atoms with E-state index in [1.807, 2.05) is 26.8 Å². The summed E-state index contributed by atoms with van der Waals surface area (Å²) >= 11 is 0. The van der Waals surface area contributed by atoms with Gasteiger partial charge >= 0.3 is 0 Å². The summed E-state index contributed by atoms with van der Waals surface area (Å²) in [5.41, 5.74) is 0. The number of quaternary nitrogens is 1. The van der Waals surface area contributed by atoms with Gasteiger partial charge in [0.15, 0.2) is 0 Å². The van der Waals surface area contributed by atoms with Gasteiger partial charge in [-0.05, 0) is 40.0 Å². The van der Waals surface area contributed by atoms with Crippen LogP contribution in [-0.4, -0.2) is 47.8 Å². The molecule has 0 aliphatic carbocycles. The van der Waals surface area contributed by atoms with Crippen LogP contribution in [0.5, 0.6) is 0 Å². The first-order valence-corrected chi connectivity index (χ1v) is 6.83. The molecule has 4 heteroatoms. The standard InChI is InChI=1S/C14H27NO3/c1-4-7-8-9-10-13(16)11-15(5-2,6-3)12-14(17)18/h4,7,13,16H,5-6,8-12H2,1-3H3/b7-4+. The molecule has 0 heterocycles. The molecule has 0 aromatic rings. The maximum Gasteiger partial charge on any atom is 0.119 e. The van der Waals surface area contributed by atoms with Crippen LogP contribution in [-0.2, 0) is 4.79 Å². The number of aliphatic hydroxyl groups excluding tert-OH is 1. The maximum absolute atomic E-state index is 10.8. The Bertz CT molecular complexity index is 260. The molecule has 0 fully saturated rings. The number of aliphatic carboxylic acids is 1. The van der Waals surface area contributed by atoms with Crippen molar-refractivity contribution in [1.29, 1.82) is 0 Å². The summed E-state index contributed by atoms with van der Waals surface area (Å²) < 4.78 is 0.396. The lowest BCUT2D eigenvalue weighted by molar-refractivity contribution is -0.922. The molecule has 0 aromatic heterocycles. The van der Waals surface area contributed by atoms with Crippen molar-refractivity contribution in [2.24, 2.45) is 0 Å². The van der Waals surface area contributed by atoms with Crippen molar-refractivity contribution in [3.8, 4) is 0 Å². The molecular weight excluding hydrogens is 230 g/mol. The number of hydrogen-bond donors (Lipinski definition) is 1. The highest BCUT2D eigenvalue weighted by Crippen LogP contribution is 2.11. The molecule has 0 spiro atoms. The Kier molecular flexibility index (Phi) is 8.67. The Morgan fingerprint density at radius 2 is 2.00 bits per heavy atom. The predicted molar refractivity (Wildman–Crippen MR) is 70.8 cm³/mol. The van der Waals surface area contributed by atoms with Crippen LogP contribution < -0.4 is 5.11 Å². The highest BCUT2D eigenvalue weighted by molar-refractivity contribution is 5.65. The van der Waals surface area contributed by atoms with E-state index in [1.165, 1.54) is 0 Å². The zero-order valence-corrected chi connectivity index (χ0v) is 11.9. The average Bonchev–Trinajstić information content (AvgIpc) is 2.33. The Morgan fingerprint density at radius 3 is 2.44 bits per heavy atom. The minimum Gasteiger partial charge on any atom is -0.544 e. The predicted octanol–water partition coefficient (Wildman–Crippen LogP) is 0.700. The van der Waals surface area contributed by atoms with E-state index in [1.54, 1.807) is 0 Å². The molecule has 0 rings (SSSR count). The summed E-state index contributed by atoms with van der Waals surface area (Å²) in [5.74, 6) is -1.04. The van der Waals surface area contributed by atoms with Crippen LogP contribution in [0.25, 0.3) is 0 Å². The van der Waals surface area contributed by atoms with Gasteiger partial charge in [-0.1, -0.05) is 12.2 Å². The van der Waals surface area contributed by atoms with Crippen molar-refractivity contribution < 1.29 is 19.5 Å². The SMILES string of the molecule is C/C=C/CCCC(O)C[N+](CC)(CC)CC(=O)[O-]. The second kappa shape index (κ2) is 9.11. The summed E-state index contributed by atoms with van der Waals surface area (Å²) in [6.07, 6.45) is 6.26. The molecule has 106 valence electrons. The molecule has 1 N–H and O–H groups in total. The number of carbonyl (C=O) groups excluding carboxylic acids is 1. The quantitative estimate of drug-likeness (QED) is 0.356. The number of aliphatic hydroxyl groups is 1. The molecule has 0 bridgehead atoms. The van der Waals surface area contributed by atoms with Crippen molar-refractivity contribution >= 4 is 5.97 Å². The number of carbonyl (C=O) groups is 1. The van der Waals surface area contributed by atoms with E-state index in [9.17, 15) is 15.0 Å². The van der Waals surface area contributed by atoms with Crippen LogP contribution >= 0.6 is 0 Å². The Labute approximate surface area is 111 Å². The largest absolute Gasteiger partial charge is 0.544 e. The number of carboxylic acids is 1. The van der Waals surface area contributed by atoms with Crippen molar-refractivity contribution in [3.05, 3.63) is 12.2 Å². The van der Waals surface area contributed by atoms with Gasteiger partial charge in [0, 0.05) is 0 Å². The first-order valence-electron chi connectivity index (χ1n) is 6.83. The van der Waals surface area contributed by atoms with E-state index in [4.69, 9.17) is 0 Å². The minimum atomic E-state index is -1.04. The monoisotopic (exact) mass is 257 g/mol. The molecule has 1 unspecified atom stereocenters. The fourth-order valence-electron chi connectivity index (χ4n) is 2.22. The first kappa shape index (κ1) is 17.1. The highest BCUT2D eigenvalue weighted by atomic mass is 16.4. The number of rotatable bonds is 10. The Hall–Kier alpha value is -0.870. The fraction of sp³-hybridized carbons (Fsp3) is 0.786. The van der Waals surface area contributed by atoms with Gasteiger partial charge in [0.25, 0.3) is 0 Å². The van der Waals surface area contributed by atoms with Gasteiger partial charge < -0.3 is 19.5 Å². The van der Waals surface area contributed by atoms with Gasteiger partial charge in [-0.15, -0.1) is 0 Å². The van der Waals surface area contributed by atoms with Gasteiger partial charge in [0.05, 0.1) is 19.1 Å². The van der Waals surface area contributed by atoms with Crippen LogP contribution in [0.2, 0.25) is 0 Å². The summed E-state index contributed by atoms with van der Waals surface area (Å²) in [7, 11) is 0. The van der Waals surface area contributed by atoms with Crippen LogP contribution in [0, 0.1) is 0 Å². The molecule has 0 aliphatic rings. The molecular formula is C14H27NO3. The number of likely N-dealkylation sites (N-methyl/N-ethyl adjacent to an activating group) is 1. The number of unbranched alkanes of at least 4 members (excludes halogenated alkanes) is 1. The molecule has 1 atom stereocenters. The summed E-state index contributed by atoms with van der Waals surface area (Å²) in [5, 5.41) is 20.8. The molecule has 0 saturated carbocycles. The molecule has 18 heavy (non-hydrogen) atoms. The molecule has 0 amide bonds. The maximum atomic E-state index is 10.8. The number of allylic oxidation sites excluding steroid dienone is 2. The molecule has 0 aromatic carbocycles.